The van der Waals surface area contributed by atoms with Crippen molar-refractivity contribution in [1.29, 1.82) is 0 Å². The summed E-state index contributed by atoms with van der Waals surface area (Å²) in [6.07, 6.45) is 2.02. The lowest BCUT2D eigenvalue weighted by atomic mass is 10.1. The fourth-order valence-corrected chi connectivity index (χ4v) is 3.77. The maximum atomic E-state index is 14.0. The Morgan fingerprint density at radius 1 is 1.33 bits per heavy atom. The zero-order valence-electron chi connectivity index (χ0n) is 11.7. The number of benzene rings is 1. The Hall–Kier alpha value is -1.39. The van der Waals surface area contributed by atoms with E-state index >= 15 is 0 Å². The lowest BCUT2D eigenvalue weighted by molar-refractivity contribution is 0.540. The first-order chi connectivity index (χ1) is 10.3. The SMILES string of the molecule is CCCC(c1cccs1)n1c(CCl)nc2c(F)cccc21. The van der Waals surface area contributed by atoms with Crippen LogP contribution < -0.4 is 0 Å². The lowest BCUT2D eigenvalue weighted by Crippen LogP contribution is -2.12. The largest absolute Gasteiger partial charge is 0.318 e. The van der Waals surface area contributed by atoms with Gasteiger partial charge in [-0.15, -0.1) is 22.9 Å². The number of imidazole rings is 1. The minimum atomic E-state index is -0.293. The summed E-state index contributed by atoms with van der Waals surface area (Å²) in [5.41, 5.74) is 1.23. The quantitative estimate of drug-likeness (QED) is 0.578. The molecule has 0 amide bonds. The van der Waals surface area contributed by atoms with Gasteiger partial charge in [-0.2, -0.15) is 0 Å². The number of thiophene rings is 1. The predicted molar refractivity (Wildman–Crippen MR) is 86.6 cm³/mol. The third kappa shape index (κ3) is 2.58. The Bertz CT molecular complexity index is 736. The summed E-state index contributed by atoms with van der Waals surface area (Å²) in [4.78, 5) is 5.66. The molecular formula is C16H16ClFN2S. The molecule has 2 nitrogen and oxygen atoms in total. The summed E-state index contributed by atoms with van der Waals surface area (Å²) in [6, 6.07) is 9.41. The fraction of sp³-hybridized carbons (Fsp3) is 0.312. The molecule has 0 spiro atoms. The minimum absolute atomic E-state index is 0.163. The van der Waals surface area contributed by atoms with Crippen molar-refractivity contribution in [2.75, 3.05) is 0 Å². The van der Waals surface area contributed by atoms with Gasteiger partial charge in [-0.1, -0.05) is 25.5 Å². The Balaban J connectivity index is 2.23. The van der Waals surface area contributed by atoms with Gasteiger partial charge in [-0.05, 0) is 30.0 Å². The molecule has 3 aromatic rings. The van der Waals surface area contributed by atoms with Crippen LogP contribution in [0.15, 0.2) is 35.7 Å². The topological polar surface area (TPSA) is 17.8 Å². The van der Waals surface area contributed by atoms with Crippen molar-refractivity contribution >= 4 is 34.0 Å². The summed E-state index contributed by atoms with van der Waals surface area (Å²) in [5.74, 6) is 0.711. The second-order valence-electron chi connectivity index (χ2n) is 4.96. The van der Waals surface area contributed by atoms with Crippen LogP contribution in [-0.4, -0.2) is 9.55 Å². The first-order valence-corrected chi connectivity index (χ1v) is 8.42. The van der Waals surface area contributed by atoms with Gasteiger partial charge in [0.2, 0.25) is 0 Å². The first kappa shape index (κ1) is 14.5. The van der Waals surface area contributed by atoms with Crippen molar-refractivity contribution in [2.45, 2.75) is 31.7 Å². The van der Waals surface area contributed by atoms with Crippen LogP contribution in [0, 0.1) is 5.82 Å². The number of hydrogen-bond acceptors (Lipinski definition) is 2. The lowest BCUT2D eigenvalue weighted by Gasteiger charge is -2.20. The molecule has 1 unspecified atom stereocenters. The van der Waals surface area contributed by atoms with Gasteiger partial charge in [0.25, 0.3) is 0 Å². The van der Waals surface area contributed by atoms with Crippen molar-refractivity contribution in [3.05, 3.63) is 52.2 Å². The molecule has 0 bridgehead atoms. The van der Waals surface area contributed by atoms with E-state index < -0.39 is 0 Å². The number of hydrogen-bond donors (Lipinski definition) is 0. The van der Waals surface area contributed by atoms with Gasteiger partial charge < -0.3 is 4.57 Å². The molecule has 0 saturated carbocycles. The zero-order valence-corrected chi connectivity index (χ0v) is 13.3. The average Bonchev–Trinajstić information content (AvgIpc) is 3.13. The van der Waals surface area contributed by atoms with E-state index in [1.165, 1.54) is 10.9 Å². The van der Waals surface area contributed by atoms with Crippen LogP contribution in [0.2, 0.25) is 0 Å². The van der Waals surface area contributed by atoms with E-state index in [1.54, 1.807) is 17.4 Å². The normalized spacial score (nSPS) is 12.9. The van der Waals surface area contributed by atoms with E-state index in [4.69, 9.17) is 11.6 Å². The Kier molecular flexibility index (Phi) is 4.27. The number of fused-ring (bicyclic) bond motifs is 1. The number of aromatic nitrogens is 2. The molecule has 3 rings (SSSR count). The molecular weight excluding hydrogens is 307 g/mol. The molecule has 0 N–H and O–H groups in total. The molecule has 0 aliphatic carbocycles. The molecule has 1 aromatic carbocycles. The third-order valence-electron chi connectivity index (χ3n) is 3.61. The predicted octanol–water partition coefficient (Wildman–Crippen LogP) is 5.37. The molecule has 1 atom stereocenters. The van der Waals surface area contributed by atoms with Gasteiger partial charge in [0.15, 0.2) is 5.82 Å². The zero-order chi connectivity index (χ0) is 14.8. The molecule has 0 radical (unpaired) electrons. The monoisotopic (exact) mass is 322 g/mol. The molecule has 5 heteroatoms. The highest BCUT2D eigenvalue weighted by Crippen LogP contribution is 2.33. The van der Waals surface area contributed by atoms with Crippen molar-refractivity contribution < 1.29 is 4.39 Å². The van der Waals surface area contributed by atoms with E-state index in [0.29, 0.717) is 5.52 Å². The molecule has 0 fully saturated rings. The van der Waals surface area contributed by atoms with E-state index in [0.717, 1.165) is 24.2 Å². The number of alkyl halides is 1. The van der Waals surface area contributed by atoms with Crippen molar-refractivity contribution in [2.24, 2.45) is 0 Å². The smallest absolute Gasteiger partial charge is 0.151 e. The van der Waals surface area contributed by atoms with Gasteiger partial charge in [0.1, 0.15) is 11.3 Å². The standard InChI is InChI=1S/C16H16ClFN2S/c1-2-5-12(14-8-4-9-21-14)20-13-7-3-6-11(18)16(13)19-15(20)10-17/h3-4,6-9,12H,2,5,10H2,1H3. The van der Waals surface area contributed by atoms with Gasteiger partial charge in [0.05, 0.1) is 17.4 Å². The molecule has 2 heterocycles. The molecule has 0 aliphatic heterocycles. The van der Waals surface area contributed by atoms with Gasteiger partial charge in [0, 0.05) is 4.88 Å². The van der Waals surface area contributed by atoms with Gasteiger partial charge >= 0.3 is 0 Å². The van der Waals surface area contributed by atoms with Crippen molar-refractivity contribution in [3.8, 4) is 0 Å². The van der Waals surface area contributed by atoms with Gasteiger partial charge in [-0.3, -0.25) is 0 Å². The number of rotatable bonds is 5. The van der Waals surface area contributed by atoms with E-state index in [-0.39, 0.29) is 17.7 Å². The van der Waals surface area contributed by atoms with E-state index in [1.807, 2.05) is 12.1 Å². The van der Waals surface area contributed by atoms with E-state index in [9.17, 15) is 4.39 Å². The molecule has 2 aromatic heterocycles. The van der Waals surface area contributed by atoms with Crippen LogP contribution in [0.4, 0.5) is 4.39 Å². The van der Waals surface area contributed by atoms with Crippen molar-refractivity contribution in [1.82, 2.24) is 9.55 Å². The summed E-state index contributed by atoms with van der Waals surface area (Å²) >= 11 is 7.77. The van der Waals surface area contributed by atoms with Crippen LogP contribution in [0.3, 0.4) is 0 Å². The Morgan fingerprint density at radius 3 is 2.86 bits per heavy atom. The maximum absolute atomic E-state index is 14.0. The average molecular weight is 323 g/mol. The van der Waals surface area contributed by atoms with Gasteiger partial charge in [-0.25, -0.2) is 9.37 Å². The van der Waals surface area contributed by atoms with Crippen LogP contribution in [0.25, 0.3) is 11.0 Å². The highest BCUT2D eigenvalue weighted by Gasteiger charge is 2.21. The maximum Gasteiger partial charge on any atom is 0.151 e. The minimum Gasteiger partial charge on any atom is -0.318 e. The molecule has 110 valence electrons. The summed E-state index contributed by atoms with van der Waals surface area (Å²) in [6.45, 7) is 2.15. The van der Waals surface area contributed by atoms with E-state index in [2.05, 4.69) is 27.9 Å². The Morgan fingerprint density at radius 2 is 2.19 bits per heavy atom. The summed E-state index contributed by atoms with van der Waals surface area (Å²) < 4.78 is 16.1. The summed E-state index contributed by atoms with van der Waals surface area (Å²) in [5, 5.41) is 2.07. The van der Waals surface area contributed by atoms with Crippen LogP contribution in [0.1, 0.15) is 36.5 Å². The fourth-order valence-electron chi connectivity index (χ4n) is 2.73. The Labute approximate surface area is 132 Å². The van der Waals surface area contributed by atoms with Crippen LogP contribution in [0.5, 0.6) is 0 Å². The first-order valence-electron chi connectivity index (χ1n) is 7.01. The number of nitrogens with zero attached hydrogens (tertiary/aromatic N) is 2. The van der Waals surface area contributed by atoms with Crippen molar-refractivity contribution in [3.63, 3.8) is 0 Å². The number of para-hydroxylation sites is 1. The number of halogens is 2. The molecule has 0 saturated heterocycles. The third-order valence-corrected chi connectivity index (χ3v) is 4.82. The second-order valence-corrected chi connectivity index (χ2v) is 6.21. The highest BCUT2D eigenvalue weighted by atomic mass is 35.5. The van der Waals surface area contributed by atoms with Crippen LogP contribution in [-0.2, 0) is 5.88 Å². The highest BCUT2D eigenvalue weighted by molar-refractivity contribution is 7.10. The molecule has 0 aliphatic rings. The molecule has 21 heavy (non-hydrogen) atoms. The second kappa shape index (κ2) is 6.16. The summed E-state index contributed by atoms with van der Waals surface area (Å²) in [7, 11) is 0. The van der Waals surface area contributed by atoms with Crippen LogP contribution >= 0.6 is 22.9 Å².